The van der Waals surface area contributed by atoms with Crippen molar-refractivity contribution < 1.29 is 0 Å². The smallest absolute Gasteiger partial charge is 0.156 e. The molecule has 98 valence electrons. The molecule has 0 N–H and O–H groups in total. The van der Waals surface area contributed by atoms with Gasteiger partial charge < -0.3 is 0 Å². The SMILES string of the molecule is CC(C)(C#Cc1ccn2nccc2n1)c1ccccc1. The van der Waals surface area contributed by atoms with E-state index in [-0.39, 0.29) is 5.41 Å². The lowest BCUT2D eigenvalue weighted by Crippen LogP contribution is -2.13. The summed E-state index contributed by atoms with van der Waals surface area (Å²) in [6.07, 6.45) is 3.61. The van der Waals surface area contributed by atoms with Crippen molar-refractivity contribution in [3.05, 3.63) is 66.1 Å². The number of nitrogens with zero attached hydrogens (tertiary/aromatic N) is 3. The quantitative estimate of drug-likeness (QED) is 0.630. The molecule has 0 radical (unpaired) electrons. The molecule has 3 nitrogen and oxygen atoms in total. The molecule has 0 saturated heterocycles. The Morgan fingerprint density at radius 1 is 1.05 bits per heavy atom. The molecule has 3 rings (SSSR count). The fraction of sp³-hybridized carbons (Fsp3) is 0.176. The highest BCUT2D eigenvalue weighted by atomic mass is 15.2. The minimum Gasteiger partial charge on any atom is -0.223 e. The Bertz CT molecular complexity index is 789. The van der Waals surface area contributed by atoms with Crippen LogP contribution in [0.1, 0.15) is 25.1 Å². The Balaban J connectivity index is 1.94. The molecule has 0 fully saturated rings. The molecule has 0 atom stereocenters. The van der Waals surface area contributed by atoms with E-state index in [1.807, 2.05) is 36.5 Å². The molecule has 0 amide bonds. The fourth-order valence-electron chi connectivity index (χ4n) is 2.03. The number of hydrogen-bond acceptors (Lipinski definition) is 2. The summed E-state index contributed by atoms with van der Waals surface area (Å²) in [5.74, 6) is 6.47. The average molecular weight is 261 g/mol. The van der Waals surface area contributed by atoms with Gasteiger partial charge in [-0.05, 0) is 31.4 Å². The summed E-state index contributed by atoms with van der Waals surface area (Å²) in [5.41, 5.74) is 2.59. The zero-order chi connectivity index (χ0) is 14.0. The van der Waals surface area contributed by atoms with E-state index >= 15 is 0 Å². The van der Waals surface area contributed by atoms with E-state index in [2.05, 4.69) is 47.9 Å². The van der Waals surface area contributed by atoms with Crippen molar-refractivity contribution in [1.29, 1.82) is 0 Å². The molecule has 0 bridgehead atoms. The monoisotopic (exact) mass is 261 g/mol. The van der Waals surface area contributed by atoms with Crippen LogP contribution in [0, 0.1) is 11.8 Å². The first-order valence-corrected chi connectivity index (χ1v) is 6.54. The summed E-state index contributed by atoms with van der Waals surface area (Å²) in [6, 6.07) is 14.0. The van der Waals surface area contributed by atoms with Crippen LogP contribution in [-0.2, 0) is 5.41 Å². The summed E-state index contributed by atoms with van der Waals surface area (Å²) >= 11 is 0. The molecule has 0 aliphatic heterocycles. The number of hydrogen-bond donors (Lipinski definition) is 0. The number of benzene rings is 1. The second kappa shape index (κ2) is 4.82. The number of rotatable bonds is 1. The van der Waals surface area contributed by atoms with Gasteiger partial charge in [-0.1, -0.05) is 36.3 Å². The van der Waals surface area contributed by atoms with Gasteiger partial charge >= 0.3 is 0 Å². The molecule has 0 aliphatic rings. The molecule has 3 heteroatoms. The maximum absolute atomic E-state index is 4.46. The predicted octanol–water partition coefficient (Wildman–Crippen LogP) is 3.06. The molecule has 1 aromatic carbocycles. The van der Waals surface area contributed by atoms with Crippen LogP contribution < -0.4 is 0 Å². The Morgan fingerprint density at radius 3 is 2.65 bits per heavy atom. The van der Waals surface area contributed by atoms with Gasteiger partial charge in [0, 0.05) is 12.3 Å². The molecule has 2 aromatic heterocycles. The second-order valence-electron chi connectivity index (χ2n) is 5.19. The van der Waals surface area contributed by atoms with Gasteiger partial charge in [0.05, 0.1) is 11.6 Å². The van der Waals surface area contributed by atoms with Crippen molar-refractivity contribution in [2.45, 2.75) is 19.3 Å². The third-order valence-corrected chi connectivity index (χ3v) is 3.26. The van der Waals surface area contributed by atoms with Gasteiger partial charge in [-0.25, -0.2) is 9.50 Å². The maximum Gasteiger partial charge on any atom is 0.156 e. The van der Waals surface area contributed by atoms with Crippen LogP contribution in [0.3, 0.4) is 0 Å². The summed E-state index contributed by atoms with van der Waals surface area (Å²) in [5, 5.41) is 4.12. The second-order valence-corrected chi connectivity index (χ2v) is 5.19. The molecule has 0 spiro atoms. The van der Waals surface area contributed by atoms with E-state index in [0.717, 1.165) is 11.3 Å². The van der Waals surface area contributed by atoms with E-state index in [1.165, 1.54) is 5.56 Å². The summed E-state index contributed by atoms with van der Waals surface area (Å²) < 4.78 is 1.73. The molecular weight excluding hydrogens is 246 g/mol. The van der Waals surface area contributed by atoms with Gasteiger partial charge in [0.1, 0.15) is 5.69 Å². The largest absolute Gasteiger partial charge is 0.223 e. The highest BCUT2D eigenvalue weighted by molar-refractivity contribution is 5.43. The fourth-order valence-corrected chi connectivity index (χ4v) is 2.03. The Kier molecular flexibility index (Phi) is 3.00. The third kappa shape index (κ3) is 2.41. The lowest BCUT2D eigenvalue weighted by atomic mass is 9.85. The van der Waals surface area contributed by atoms with Gasteiger partial charge in [0.25, 0.3) is 0 Å². The van der Waals surface area contributed by atoms with Gasteiger partial charge in [0.2, 0.25) is 0 Å². The van der Waals surface area contributed by atoms with Crippen LogP contribution in [0.15, 0.2) is 54.9 Å². The van der Waals surface area contributed by atoms with Crippen molar-refractivity contribution in [2.24, 2.45) is 0 Å². The number of fused-ring (bicyclic) bond motifs is 1. The van der Waals surface area contributed by atoms with Crippen LogP contribution in [0.5, 0.6) is 0 Å². The molecule has 0 saturated carbocycles. The first-order chi connectivity index (χ1) is 9.65. The molecule has 0 aliphatic carbocycles. The number of aromatic nitrogens is 3. The van der Waals surface area contributed by atoms with Gasteiger partial charge in [-0.15, -0.1) is 0 Å². The standard InChI is InChI=1S/C17H15N3/c1-17(2,14-6-4-3-5-7-14)11-8-15-10-13-20-16(19-15)9-12-18-20/h3-7,9-10,12-13H,1-2H3. The van der Waals surface area contributed by atoms with Crippen molar-refractivity contribution >= 4 is 5.65 Å². The van der Waals surface area contributed by atoms with Crippen LogP contribution in [-0.4, -0.2) is 14.6 Å². The summed E-state index contributed by atoms with van der Waals surface area (Å²) in [4.78, 5) is 4.46. The van der Waals surface area contributed by atoms with Gasteiger partial charge in [0.15, 0.2) is 5.65 Å². The normalized spacial score (nSPS) is 11.1. The zero-order valence-corrected chi connectivity index (χ0v) is 11.5. The zero-order valence-electron chi connectivity index (χ0n) is 11.5. The summed E-state index contributed by atoms with van der Waals surface area (Å²) in [6.45, 7) is 4.24. The first kappa shape index (κ1) is 12.4. The van der Waals surface area contributed by atoms with Crippen molar-refractivity contribution in [2.75, 3.05) is 0 Å². The predicted molar refractivity (Wildman–Crippen MR) is 79.3 cm³/mol. The van der Waals surface area contributed by atoms with E-state index in [4.69, 9.17) is 0 Å². The Hall–Kier alpha value is -2.60. The van der Waals surface area contributed by atoms with E-state index in [0.29, 0.717) is 0 Å². The topological polar surface area (TPSA) is 30.2 Å². The lowest BCUT2D eigenvalue weighted by molar-refractivity contribution is 0.698. The maximum atomic E-state index is 4.46. The summed E-state index contributed by atoms with van der Waals surface area (Å²) in [7, 11) is 0. The van der Waals surface area contributed by atoms with Crippen LogP contribution >= 0.6 is 0 Å². The van der Waals surface area contributed by atoms with Crippen LogP contribution in [0.2, 0.25) is 0 Å². The Morgan fingerprint density at radius 2 is 1.85 bits per heavy atom. The minimum absolute atomic E-state index is 0.199. The van der Waals surface area contributed by atoms with Crippen molar-refractivity contribution in [1.82, 2.24) is 14.6 Å². The molecule has 0 unspecified atom stereocenters. The highest BCUT2D eigenvalue weighted by Gasteiger charge is 2.16. The van der Waals surface area contributed by atoms with Gasteiger partial charge in [-0.3, -0.25) is 0 Å². The first-order valence-electron chi connectivity index (χ1n) is 6.54. The van der Waals surface area contributed by atoms with E-state index < -0.39 is 0 Å². The minimum atomic E-state index is -0.199. The Labute approximate surface area is 118 Å². The average Bonchev–Trinajstić information content (AvgIpc) is 2.94. The van der Waals surface area contributed by atoms with Crippen LogP contribution in [0.25, 0.3) is 5.65 Å². The van der Waals surface area contributed by atoms with Crippen molar-refractivity contribution in [3.8, 4) is 11.8 Å². The van der Waals surface area contributed by atoms with E-state index in [1.54, 1.807) is 10.7 Å². The van der Waals surface area contributed by atoms with E-state index in [9.17, 15) is 0 Å². The van der Waals surface area contributed by atoms with Crippen molar-refractivity contribution in [3.63, 3.8) is 0 Å². The molecule has 20 heavy (non-hydrogen) atoms. The molecule has 3 aromatic rings. The molecule has 2 heterocycles. The lowest BCUT2D eigenvalue weighted by Gasteiger charge is -2.17. The third-order valence-electron chi connectivity index (χ3n) is 3.26. The van der Waals surface area contributed by atoms with Crippen LogP contribution in [0.4, 0.5) is 0 Å². The highest BCUT2D eigenvalue weighted by Crippen LogP contribution is 2.21. The van der Waals surface area contributed by atoms with Gasteiger partial charge in [-0.2, -0.15) is 5.10 Å². The molecular formula is C17H15N3.